The summed E-state index contributed by atoms with van der Waals surface area (Å²) in [7, 11) is 0. The maximum atomic E-state index is 13.6. The molecule has 0 heterocycles. The molecule has 0 saturated carbocycles. The number of hydrogen-bond donors (Lipinski definition) is 1. The predicted molar refractivity (Wildman–Crippen MR) is 74.4 cm³/mol. The molecule has 0 aromatic heterocycles. The fourth-order valence-electron chi connectivity index (χ4n) is 1.93. The third-order valence-corrected chi connectivity index (χ3v) is 3.24. The molecule has 1 rings (SSSR count). The molecule has 1 unspecified atom stereocenters. The number of hydrogen-bond acceptors (Lipinski definition) is 1. The van der Waals surface area contributed by atoms with Gasteiger partial charge in [0.25, 0.3) is 0 Å². The van der Waals surface area contributed by atoms with E-state index < -0.39 is 11.9 Å². The van der Waals surface area contributed by atoms with Crippen molar-refractivity contribution >= 4 is 11.6 Å². The number of aliphatic hydroxyl groups is 1. The minimum Gasteiger partial charge on any atom is -0.393 e. The van der Waals surface area contributed by atoms with Crippen LogP contribution in [0.2, 0.25) is 5.02 Å². The molecule has 0 spiro atoms. The van der Waals surface area contributed by atoms with Crippen LogP contribution in [0.25, 0.3) is 0 Å². The van der Waals surface area contributed by atoms with Crippen molar-refractivity contribution in [1.82, 2.24) is 0 Å². The summed E-state index contributed by atoms with van der Waals surface area (Å²) >= 11 is 5.70. The molecular formula is C15H22ClFO. The van der Waals surface area contributed by atoms with Crippen LogP contribution in [-0.2, 0) is 6.42 Å². The van der Waals surface area contributed by atoms with Crippen molar-refractivity contribution in [3.8, 4) is 0 Å². The fourth-order valence-corrected chi connectivity index (χ4v) is 2.12. The SMILES string of the molecule is CC(C)(C)CCCC(O)Cc1cccc(Cl)c1F. The molecule has 0 aliphatic rings. The van der Waals surface area contributed by atoms with Gasteiger partial charge in [0, 0.05) is 6.42 Å². The van der Waals surface area contributed by atoms with Crippen molar-refractivity contribution in [2.24, 2.45) is 5.41 Å². The highest BCUT2D eigenvalue weighted by atomic mass is 35.5. The van der Waals surface area contributed by atoms with Gasteiger partial charge in [-0.3, -0.25) is 0 Å². The molecule has 0 aliphatic heterocycles. The van der Waals surface area contributed by atoms with Gasteiger partial charge in [0.05, 0.1) is 11.1 Å². The maximum Gasteiger partial charge on any atom is 0.145 e. The second kappa shape index (κ2) is 6.53. The van der Waals surface area contributed by atoms with E-state index in [4.69, 9.17) is 11.6 Å². The van der Waals surface area contributed by atoms with E-state index in [9.17, 15) is 9.50 Å². The van der Waals surface area contributed by atoms with Crippen LogP contribution in [0.1, 0.15) is 45.6 Å². The molecule has 1 N–H and O–H groups in total. The van der Waals surface area contributed by atoms with Gasteiger partial charge >= 0.3 is 0 Å². The predicted octanol–water partition coefficient (Wildman–Crippen LogP) is 4.60. The monoisotopic (exact) mass is 272 g/mol. The number of aliphatic hydroxyl groups excluding tert-OH is 1. The van der Waals surface area contributed by atoms with Crippen LogP contribution < -0.4 is 0 Å². The maximum absolute atomic E-state index is 13.6. The highest BCUT2D eigenvalue weighted by Gasteiger charge is 2.14. The lowest BCUT2D eigenvalue weighted by molar-refractivity contribution is 0.155. The Morgan fingerprint density at radius 3 is 2.61 bits per heavy atom. The summed E-state index contributed by atoms with van der Waals surface area (Å²) in [5.41, 5.74) is 0.770. The van der Waals surface area contributed by atoms with Crippen LogP contribution in [-0.4, -0.2) is 11.2 Å². The minimum absolute atomic E-state index is 0.120. The Balaban J connectivity index is 2.45. The van der Waals surface area contributed by atoms with Gasteiger partial charge in [0.15, 0.2) is 0 Å². The molecule has 1 atom stereocenters. The van der Waals surface area contributed by atoms with Crippen LogP contribution in [0.5, 0.6) is 0 Å². The van der Waals surface area contributed by atoms with Gasteiger partial charge in [-0.15, -0.1) is 0 Å². The van der Waals surface area contributed by atoms with Crippen molar-refractivity contribution in [2.45, 2.75) is 52.6 Å². The van der Waals surface area contributed by atoms with Crippen molar-refractivity contribution in [1.29, 1.82) is 0 Å². The lowest BCUT2D eigenvalue weighted by atomic mass is 9.89. The normalized spacial score (nSPS) is 13.7. The molecule has 0 amide bonds. The van der Waals surface area contributed by atoms with Crippen LogP contribution in [0.4, 0.5) is 4.39 Å². The third kappa shape index (κ3) is 5.36. The van der Waals surface area contributed by atoms with E-state index in [-0.39, 0.29) is 10.4 Å². The Kier molecular flexibility index (Phi) is 5.61. The van der Waals surface area contributed by atoms with E-state index in [1.807, 2.05) is 0 Å². The van der Waals surface area contributed by atoms with Gasteiger partial charge in [0.2, 0.25) is 0 Å². The molecule has 3 heteroatoms. The standard InChI is InChI=1S/C15H22ClFO/c1-15(2,3)9-5-7-12(18)10-11-6-4-8-13(16)14(11)17/h4,6,8,12,18H,5,7,9-10H2,1-3H3. The Labute approximate surface area is 114 Å². The summed E-state index contributed by atoms with van der Waals surface area (Å²) in [6.07, 6.45) is 2.54. The van der Waals surface area contributed by atoms with Gasteiger partial charge in [-0.25, -0.2) is 4.39 Å². The van der Waals surface area contributed by atoms with Crippen molar-refractivity contribution in [3.05, 3.63) is 34.6 Å². The summed E-state index contributed by atoms with van der Waals surface area (Å²) in [6, 6.07) is 4.91. The molecule has 102 valence electrons. The molecule has 0 bridgehead atoms. The summed E-state index contributed by atoms with van der Waals surface area (Å²) in [6.45, 7) is 6.53. The molecule has 1 aromatic rings. The van der Waals surface area contributed by atoms with E-state index in [0.29, 0.717) is 18.4 Å². The largest absolute Gasteiger partial charge is 0.393 e. The zero-order valence-corrected chi connectivity index (χ0v) is 12.1. The first-order valence-corrected chi connectivity index (χ1v) is 6.78. The zero-order valence-electron chi connectivity index (χ0n) is 11.3. The van der Waals surface area contributed by atoms with Crippen molar-refractivity contribution < 1.29 is 9.50 Å². The van der Waals surface area contributed by atoms with E-state index >= 15 is 0 Å². The van der Waals surface area contributed by atoms with E-state index in [0.717, 1.165) is 12.8 Å². The first kappa shape index (κ1) is 15.5. The third-order valence-electron chi connectivity index (χ3n) is 2.95. The number of benzene rings is 1. The van der Waals surface area contributed by atoms with Crippen LogP contribution in [0.15, 0.2) is 18.2 Å². The summed E-state index contributed by atoms with van der Waals surface area (Å²) in [5.74, 6) is -0.408. The van der Waals surface area contributed by atoms with Crippen molar-refractivity contribution in [2.75, 3.05) is 0 Å². The summed E-state index contributed by atoms with van der Waals surface area (Å²) in [5, 5.41) is 10.0. The van der Waals surface area contributed by atoms with E-state index in [1.165, 1.54) is 6.07 Å². The lowest BCUT2D eigenvalue weighted by Gasteiger charge is -2.19. The Bertz CT molecular complexity index is 385. The fraction of sp³-hybridized carbons (Fsp3) is 0.600. The Hall–Kier alpha value is -0.600. The molecule has 18 heavy (non-hydrogen) atoms. The molecule has 0 fully saturated rings. The summed E-state index contributed by atoms with van der Waals surface area (Å²) < 4.78 is 13.6. The smallest absolute Gasteiger partial charge is 0.145 e. The first-order valence-electron chi connectivity index (χ1n) is 6.40. The van der Waals surface area contributed by atoms with E-state index in [1.54, 1.807) is 12.1 Å². The zero-order chi connectivity index (χ0) is 13.8. The highest BCUT2D eigenvalue weighted by Crippen LogP contribution is 2.24. The summed E-state index contributed by atoms with van der Waals surface area (Å²) in [4.78, 5) is 0. The second-order valence-corrected chi connectivity index (χ2v) is 6.43. The molecule has 0 radical (unpaired) electrons. The quantitative estimate of drug-likeness (QED) is 0.831. The molecule has 0 aliphatic carbocycles. The lowest BCUT2D eigenvalue weighted by Crippen LogP contribution is -2.13. The Morgan fingerprint density at radius 1 is 1.33 bits per heavy atom. The van der Waals surface area contributed by atoms with Gasteiger partial charge < -0.3 is 5.11 Å². The number of halogens is 2. The average Bonchev–Trinajstić information content (AvgIpc) is 2.23. The van der Waals surface area contributed by atoms with Gasteiger partial charge in [-0.2, -0.15) is 0 Å². The highest BCUT2D eigenvalue weighted by molar-refractivity contribution is 6.30. The van der Waals surface area contributed by atoms with Gasteiger partial charge in [-0.1, -0.05) is 50.9 Å². The van der Waals surface area contributed by atoms with Crippen LogP contribution in [0.3, 0.4) is 0 Å². The Morgan fingerprint density at radius 2 is 2.00 bits per heavy atom. The van der Waals surface area contributed by atoms with Crippen LogP contribution in [0, 0.1) is 11.2 Å². The molecule has 1 nitrogen and oxygen atoms in total. The van der Waals surface area contributed by atoms with E-state index in [2.05, 4.69) is 20.8 Å². The van der Waals surface area contributed by atoms with Gasteiger partial charge in [-0.05, 0) is 29.9 Å². The molecular weight excluding hydrogens is 251 g/mol. The van der Waals surface area contributed by atoms with Gasteiger partial charge in [0.1, 0.15) is 5.82 Å². The first-order chi connectivity index (χ1) is 8.29. The number of rotatable bonds is 5. The topological polar surface area (TPSA) is 20.2 Å². The van der Waals surface area contributed by atoms with Crippen molar-refractivity contribution in [3.63, 3.8) is 0 Å². The second-order valence-electron chi connectivity index (χ2n) is 6.02. The average molecular weight is 273 g/mol. The van der Waals surface area contributed by atoms with Crippen LogP contribution >= 0.6 is 11.6 Å². The molecule has 1 aromatic carbocycles. The minimum atomic E-state index is -0.500. The molecule has 0 saturated heterocycles.